The van der Waals surface area contributed by atoms with Gasteiger partial charge in [-0.1, -0.05) is 6.92 Å². The minimum Gasteiger partial charge on any atom is -0.383 e. The smallest absolute Gasteiger partial charge is 0.0615 e. The molecule has 0 radical (unpaired) electrons. The third-order valence-electron chi connectivity index (χ3n) is 4.01. The van der Waals surface area contributed by atoms with Crippen molar-refractivity contribution < 1.29 is 9.47 Å². The monoisotopic (exact) mass is 258 g/mol. The van der Waals surface area contributed by atoms with Gasteiger partial charge in [-0.15, -0.1) is 0 Å². The lowest BCUT2D eigenvalue weighted by Crippen LogP contribution is -2.48. The van der Waals surface area contributed by atoms with E-state index in [-0.39, 0.29) is 0 Å². The Bertz CT molecular complexity index is 218. The Morgan fingerprint density at radius 3 is 2.44 bits per heavy atom. The van der Waals surface area contributed by atoms with Crippen molar-refractivity contribution in [3.05, 3.63) is 0 Å². The van der Waals surface area contributed by atoms with Crippen molar-refractivity contribution in [3.63, 3.8) is 0 Å². The number of nitrogens with one attached hydrogen (secondary N) is 1. The Balaban J connectivity index is 2.52. The van der Waals surface area contributed by atoms with Gasteiger partial charge in [-0.25, -0.2) is 0 Å². The fraction of sp³-hybridized carbons (Fsp3) is 1.00. The zero-order valence-corrected chi connectivity index (χ0v) is 12.5. The Morgan fingerprint density at radius 2 is 1.89 bits per heavy atom. The molecule has 0 aromatic heterocycles. The average molecular weight is 258 g/mol. The molecular formula is C14H30N2O2. The van der Waals surface area contributed by atoms with Gasteiger partial charge in [0.1, 0.15) is 0 Å². The highest BCUT2D eigenvalue weighted by Gasteiger charge is 2.30. The highest BCUT2D eigenvalue weighted by molar-refractivity contribution is 4.85. The van der Waals surface area contributed by atoms with E-state index in [0.717, 1.165) is 39.4 Å². The minimum absolute atomic E-state index is 0.432. The highest BCUT2D eigenvalue weighted by atomic mass is 16.5. The first kappa shape index (κ1) is 15.9. The molecule has 1 unspecified atom stereocenters. The van der Waals surface area contributed by atoms with Gasteiger partial charge in [-0.2, -0.15) is 0 Å². The van der Waals surface area contributed by atoms with Gasteiger partial charge in [0.05, 0.1) is 13.2 Å². The summed E-state index contributed by atoms with van der Waals surface area (Å²) in [5.41, 5.74) is 0.432. The lowest BCUT2D eigenvalue weighted by molar-refractivity contribution is 0.0383. The van der Waals surface area contributed by atoms with Crippen LogP contribution in [-0.4, -0.2) is 64.6 Å². The van der Waals surface area contributed by atoms with E-state index in [1.165, 1.54) is 12.8 Å². The van der Waals surface area contributed by atoms with Gasteiger partial charge in [-0.05, 0) is 38.3 Å². The number of ether oxygens (including phenoxy) is 2. The van der Waals surface area contributed by atoms with E-state index in [9.17, 15) is 0 Å². The molecule has 1 saturated heterocycles. The summed E-state index contributed by atoms with van der Waals surface area (Å²) in [5.74, 6) is 0. The van der Waals surface area contributed by atoms with Gasteiger partial charge in [-0.3, -0.25) is 4.90 Å². The van der Waals surface area contributed by atoms with E-state index in [2.05, 4.69) is 24.1 Å². The van der Waals surface area contributed by atoms with Gasteiger partial charge < -0.3 is 14.8 Å². The Morgan fingerprint density at radius 1 is 1.22 bits per heavy atom. The summed E-state index contributed by atoms with van der Waals surface area (Å²) in [6.45, 7) is 10.7. The summed E-state index contributed by atoms with van der Waals surface area (Å²) in [6.07, 6.45) is 2.52. The molecule has 0 saturated carbocycles. The average Bonchev–Trinajstić information content (AvgIpc) is 2.35. The zero-order valence-electron chi connectivity index (χ0n) is 12.5. The first-order valence-corrected chi connectivity index (χ1v) is 7.04. The molecule has 0 aliphatic carbocycles. The molecule has 0 spiro atoms. The molecule has 108 valence electrons. The normalized spacial score (nSPS) is 21.2. The van der Waals surface area contributed by atoms with Crippen LogP contribution < -0.4 is 5.32 Å². The molecule has 1 N–H and O–H groups in total. The SMILES string of the molecule is COCCN(CC1(C)CCNCC1)C(C)COC. The molecule has 4 nitrogen and oxygen atoms in total. The fourth-order valence-corrected chi connectivity index (χ4v) is 2.69. The number of rotatable bonds is 8. The van der Waals surface area contributed by atoms with Gasteiger partial charge in [0.2, 0.25) is 0 Å². The van der Waals surface area contributed by atoms with E-state index >= 15 is 0 Å². The molecule has 1 atom stereocenters. The van der Waals surface area contributed by atoms with Crippen molar-refractivity contribution in [2.45, 2.75) is 32.7 Å². The molecular weight excluding hydrogens is 228 g/mol. The van der Waals surface area contributed by atoms with Gasteiger partial charge in [0.25, 0.3) is 0 Å². The second-order valence-electron chi connectivity index (χ2n) is 5.83. The number of hydrogen-bond donors (Lipinski definition) is 1. The number of methoxy groups -OCH3 is 2. The molecule has 1 aliphatic heterocycles. The molecule has 0 aromatic rings. The predicted octanol–water partition coefficient (Wildman–Crippen LogP) is 1.36. The summed E-state index contributed by atoms with van der Waals surface area (Å²) >= 11 is 0. The van der Waals surface area contributed by atoms with Crippen molar-refractivity contribution in [3.8, 4) is 0 Å². The summed E-state index contributed by atoms with van der Waals surface area (Å²) < 4.78 is 10.5. The maximum atomic E-state index is 5.29. The maximum Gasteiger partial charge on any atom is 0.0615 e. The number of piperidine rings is 1. The molecule has 1 aliphatic rings. The Kier molecular flexibility index (Phi) is 7.15. The minimum atomic E-state index is 0.432. The van der Waals surface area contributed by atoms with Gasteiger partial charge in [0.15, 0.2) is 0 Å². The van der Waals surface area contributed by atoms with Gasteiger partial charge in [0, 0.05) is 33.4 Å². The molecule has 1 heterocycles. The van der Waals surface area contributed by atoms with Crippen LogP contribution in [0.25, 0.3) is 0 Å². The van der Waals surface area contributed by atoms with E-state index in [1.807, 2.05) is 0 Å². The largest absolute Gasteiger partial charge is 0.383 e. The maximum absolute atomic E-state index is 5.29. The summed E-state index contributed by atoms with van der Waals surface area (Å²) in [4.78, 5) is 2.51. The lowest BCUT2D eigenvalue weighted by Gasteiger charge is -2.40. The fourth-order valence-electron chi connectivity index (χ4n) is 2.69. The quantitative estimate of drug-likeness (QED) is 0.713. The van der Waals surface area contributed by atoms with Crippen LogP contribution >= 0.6 is 0 Å². The van der Waals surface area contributed by atoms with Crippen molar-refractivity contribution in [2.24, 2.45) is 5.41 Å². The third kappa shape index (κ3) is 5.22. The van der Waals surface area contributed by atoms with Crippen molar-refractivity contribution in [1.82, 2.24) is 10.2 Å². The lowest BCUT2D eigenvalue weighted by atomic mass is 9.80. The molecule has 1 rings (SSSR count). The van der Waals surface area contributed by atoms with Crippen LogP contribution in [0.1, 0.15) is 26.7 Å². The van der Waals surface area contributed by atoms with Crippen LogP contribution in [0, 0.1) is 5.41 Å². The van der Waals surface area contributed by atoms with Crippen LogP contribution in [0.4, 0.5) is 0 Å². The first-order chi connectivity index (χ1) is 8.61. The molecule has 18 heavy (non-hydrogen) atoms. The molecule has 0 amide bonds. The molecule has 1 fully saturated rings. The van der Waals surface area contributed by atoms with Crippen molar-refractivity contribution >= 4 is 0 Å². The van der Waals surface area contributed by atoms with Crippen LogP contribution in [0.15, 0.2) is 0 Å². The van der Waals surface area contributed by atoms with E-state index in [4.69, 9.17) is 9.47 Å². The van der Waals surface area contributed by atoms with Crippen molar-refractivity contribution in [1.29, 1.82) is 0 Å². The van der Waals surface area contributed by atoms with E-state index in [0.29, 0.717) is 11.5 Å². The molecule has 4 heteroatoms. The Labute approximate surface area is 112 Å². The molecule has 0 aromatic carbocycles. The Hall–Kier alpha value is -0.160. The van der Waals surface area contributed by atoms with Crippen molar-refractivity contribution in [2.75, 3.05) is 53.6 Å². The first-order valence-electron chi connectivity index (χ1n) is 7.04. The van der Waals surface area contributed by atoms with Crippen LogP contribution in [0.3, 0.4) is 0 Å². The summed E-state index contributed by atoms with van der Waals surface area (Å²) in [5, 5.41) is 3.44. The second kappa shape index (κ2) is 8.10. The van der Waals surface area contributed by atoms with Crippen LogP contribution in [-0.2, 0) is 9.47 Å². The predicted molar refractivity (Wildman–Crippen MR) is 75.0 cm³/mol. The zero-order chi connectivity index (χ0) is 13.4. The highest BCUT2D eigenvalue weighted by Crippen LogP contribution is 2.29. The van der Waals surface area contributed by atoms with Crippen LogP contribution in [0.2, 0.25) is 0 Å². The van der Waals surface area contributed by atoms with Gasteiger partial charge >= 0.3 is 0 Å². The standard InChI is InChI=1S/C14H30N2O2/c1-13(11-18-4)16(9-10-17-3)12-14(2)5-7-15-8-6-14/h13,15H,5-12H2,1-4H3. The van der Waals surface area contributed by atoms with Crippen LogP contribution in [0.5, 0.6) is 0 Å². The number of nitrogens with zero attached hydrogens (tertiary/aromatic N) is 1. The topological polar surface area (TPSA) is 33.7 Å². The van der Waals surface area contributed by atoms with E-state index in [1.54, 1.807) is 14.2 Å². The summed E-state index contributed by atoms with van der Waals surface area (Å²) in [7, 11) is 3.54. The second-order valence-corrected chi connectivity index (χ2v) is 5.83. The molecule has 0 bridgehead atoms. The van der Waals surface area contributed by atoms with E-state index < -0.39 is 0 Å². The summed E-state index contributed by atoms with van der Waals surface area (Å²) in [6, 6.07) is 0.455. The number of hydrogen-bond acceptors (Lipinski definition) is 4. The third-order valence-corrected chi connectivity index (χ3v) is 4.01.